The fourth-order valence-corrected chi connectivity index (χ4v) is 1.29. The highest BCUT2D eigenvalue weighted by molar-refractivity contribution is 6.05. The maximum atomic E-state index is 11.6. The average Bonchev–Trinajstić information content (AvgIpc) is 2.31. The Bertz CT molecular complexity index is 466. The fourth-order valence-electron chi connectivity index (χ4n) is 1.29. The van der Waals surface area contributed by atoms with E-state index in [1.807, 2.05) is 0 Å². The van der Waals surface area contributed by atoms with Gasteiger partial charge in [-0.25, -0.2) is 0 Å². The van der Waals surface area contributed by atoms with E-state index in [9.17, 15) is 9.59 Å². The SMILES string of the molecule is C=C(C)C(=O)NC(=O)[C@@H](N)Cc1ccc(O)cc1. The van der Waals surface area contributed by atoms with Crippen LogP contribution in [0.1, 0.15) is 12.5 Å². The van der Waals surface area contributed by atoms with Gasteiger partial charge >= 0.3 is 0 Å². The summed E-state index contributed by atoms with van der Waals surface area (Å²) in [6, 6.07) is 5.54. The molecule has 0 aliphatic carbocycles. The number of phenols is 1. The van der Waals surface area contributed by atoms with Crippen molar-refractivity contribution in [3.63, 3.8) is 0 Å². The Hall–Kier alpha value is -2.14. The highest BCUT2D eigenvalue weighted by Crippen LogP contribution is 2.10. The zero-order valence-electron chi connectivity index (χ0n) is 10.1. The third-order valence-corrected chi connectivity index (χ3v) is 2.35. The Labute approximate surface area is 105 Å². The predicted octanol–water partition coefficient (Wildman–Crippen LogP) is 0.481. The van der Waals surface area contributed by atoms with E-state index >= 15 is 0 Å². The number of rotatable bonds is 4. The topological polar surface area (TPSA) is 92.4 Å². The molecule has 4 N–H and O–H groups in total. The smallest absolute Gasteiger partial charge is 0.252 e. The van der Waals surface area contributed by atoms with Crippen LogP contribution in [0.25, 0.3) is 0 Å². The summed E-state index contributed by atoms with van der Waals surface area (Å²) in [5, 5.41) is 11.3. The molecule has 18 heavy (non-hydrogen) atoms. The van der Waals surface area contributed by atoms with Gasteiger partial charge < -0.3 is 10.8 Å². The second-order valence-electron chi connectivity index (χ2n) is 4.08. The lowest BCUT2D eigenvalue weighted by atomic mass is 10.1. The number of carbonyl (C=O) groups excluding carboxylic acids is 2. The van der Waals surface area contributed by atoms with Crippen molar-refractivity contribution in [2.45, 2.75) is 19.4 Å². The first-order chi connectivity index (χ1) is 8.40. The van der Waals surface area contributed by atoms with Crippen LogP contribution in [0, 0.1) is 0 Å². The molecular weight excluding hydrogens is 232 g/mol. The van der Waals surface area contributed by atoms with Gasteiger partial charge in [0, 0.05) is 5.57 Å². The summed E-state index contributed by atoms with van der Waals surface area (Å²) in [7, 11) is 0. The molecule has 5 heteroatoms. The van der Waals surface area contributed by atoms with Crippen LogP contribution in [-0.2, 0) is 16.0 Å². The standard InChI is InChI=1S/C13H16N2O3/c1-8(2)12(17)15-13(18)11(14)7-9-3-5-10(16)6-4-9/h3-6,11,16H,1,7,14H2,2H3,(H,15,17,18)/t11-/m0/s1. The molecule has 0 heterocycles. The largest absolute Gasteiger partial charge is 0.508 e. The molecule has 0 radical (unpaired) electrons. The minimum Gasteiger partial charge on any atom is -0.508 e. The number of amides is 2. The minimum atomic E-state index is -0.821. The van der Waals surface area contributed by atoms with Crippen LogP contribution >= 0.6 is 0 Å². The predicted molar refractivity (Wildman–Crippen MR) is 67.7 cm³/mol. The summed E-state index contributed by atoms with van der Waals surface area (Å²) in [6.07, 6.45) is 0.287. The first-order valence-corrected chi connectivity index (χ1v) is 5.44. The first-order valence-electron chi connectivity index (χ1n) is 5.44. The van der Waals surface area contributed by atoms with Crippen molar-refractivity contribution >= 4 is 11.8 Å². The number of imide groups is 1. The van der Waals surface area contributed by atoms with Gasteiger partial charge in [-0.1, -0.05) is 18.7 Å². The van der Waals surface area contributed by atoms with Gasteiger partial charge in [0.2, 0.25) is 5.91 Å². The molecule has 0 fully saturated rings. The molecule has 1 aromatic carbocycles. The maximum Gasteiger partial charge on any atom is 0.252 e. The summed E-state index contributed by atoms with van der Waals surface area (Å²) in [5.74, 6) is -0.925. The van der Waals surface area contributed by atoms with E-state index in [1.54, 1.807) is 12.1 Å². The van der Waals surface area contributed by atoms with Gasteiger partial charge in [0.15, 0.2) is 0 Å². The van der Waals surface area contributed by atoms with E-state index in [-0.39, 0.29) is 17.7 Å². The molecule has 1 rings (SSSR count). The molecule has 0 unspecified atom stereocenters. The van der Waals surface area contributed by atoms with Crippen LogP contribution < -0.4 is 11.1 Å². The van der Waals surface area contributed by atoms with Crippen LogP contribution in [0.2, 0.25) is 0 Å². The van der Waals surface area contributed by atoms with Crippen molar-refractivity contribution in [3.8, 4) is 5.75 Å². The molecule has 0 bridgehead atoms. The molecule has 1 aromatic rings. The highest BCUT2D eigenvalue weighted by Gasteiger charge is 2.16. The molecule has 2 amide bonds. The normalized spacial score (nSPS) is 11.7. The Morgan fingerprint density at radius 3 is 2.44 bits per heavy atom. The van der Waals surface area contributed by atoms with Crippen molar-refractivity contribution in [3.05, 3.63) is 42.0 Å². The quantitative estimate of drug-likeness (QED) is 0.676. The van der Waals surface area contributed by atoms with Gasteiger partial charge in [-0.3, -0.25) is 14.9 Å². The maximum absolute atomic E-state index is 11.6. The Balaban J connectivity index is 2.57. The minimum absolute atomic E-state index is 0.147. The van der Waals surface area contributed by atoms with E-state index < -0.39 is 17.9 Å². The molecule has 0 saturated heterocycles. The van der Waals surface area contributed by atoms with Crippen LogP contribution in [0.4, 0.5) is 0 Å². The monoisotopic (exact) mass is 248 g/mol. The van der Waals surface area contributed by atoms with Gasteiger partial charge in [-0.05, 0) is 31.0 Å². The molecule has 0 aliphatic rings. The molecular formula is C13H16N2O3. The number of benzene rings is 1. The summed E-state index contributed by atoms with van der Waals surface area (Å²) in [5.41, 5.74) is 6.73. The van der Waals surface area contributed by atoms with Crippen LogP contribution in [0.5, 0.6) is 5.75 Å². The second-order valence-corrected chi connectivity index (χ2v) is 4.08. The lowest BCUT2D eigenvalue weighted by Crippen LogP contribution is -2.44. The van der Waals surface area contributed by atoms with Crippen molar-refractivity contribution in [2.75, 3.05) is 0 Å². The van der Waals surface area contributed by atoms with E-state index in [2.05, 4.69) is 11.9 Å². The van der Waals surface area contributed by atoms with E-state index in [4.69, 9.17) is 10.8 Å². The lowest BCUT2D eigenvalue weighted by Gasteiger charge is -2.11. The number of hydrogen-bond donors (Lipinski definition) is 3. The second kappa shape index (κ2) is 5.97. The lowest BCUT2D eigenvalue weighted by molar-refractivity contribution is -0.129. The number of nitrogens with two attached hydrogens (primary N) is 1. The third kappa shape index (κ3) is 4.03. The zero-order chi connectivity index (χ0) is 13.7. The zero-order valence-corrected chi connectivity index (χ0v) is 10.1. The van der Waals surface area contributed by atoms with E-state index in [0.29, 0.717) is 0 Å². The summed E-state index contributed by atoms with van der Waals surface area (Å²) < 4.78 is 0. The third-order valence-electron chi connectivity index (χ3n) is 2.35. The van der Waals surface area contributed by atoms with Gasteiger partial charge in [-0.2, -0.15) is 0 Å². The highest BCUT2D eigenvalue weighted by atomic mass is 16.3. The number of nitrogens with one attached hydrogen (secondary N) is 1. The van der Waals surface area contributed by atoms with Gasteiger partial charge in [0.25, 0.3) is 5.91 Å². The van der Waals surface area contributed by atoms with Gasteiger partial charge in [-0.15, -0.1) is 0 Å². The molecule has 0 saturated carbocycles. The molecule has 96 valence electrons. The average molecular weight is 248 g/mol. The number of carbonyl (C=O) groups is 2. The summed E-state index contributed by atoms with van der Waals surface area (Å²) in [4.78, 5) is 22.8. The molecule has 1 atom stereocenters. The number of hydrogen-bond acceptors (Lipinski definition) is 4. The fraction of sp³-hybridized carbons (Fsp3) is 0.231. The Morgan fingerprint density at radius 2 is 1.94 bits per heavy atom. The van der Waals surface area contributed by atoms with E-state index in [0.717, 1.165) is 5.56 Å². The van der Waals surface area contributed by atoms with Crippen molar-refractivity contribution < 1.29 is 14.7 Å². The van der Waals surface area contributed by atoms with Crippen molar-refractivity contribution in [2.24, 2.45) is 5.73 Å². The van der Waals surface area contributed by atoms with E-state index in [1.165, 1.54) is 19.1 Å². The summed E-state index contributed by atoms with van der Waals surface area (Å²) in [6.45, 7) is 4.94. The first kappa shape index (κ1) is 13.9. The molecule has 0 aromatic heterocycles. The molecule has 0 aliphatic heterocycles. The van der Waals surface area contributed by atoms with Crippen LogP contribution in [-0.4, -0.2) is 23.0 Å². The molecule has 5 nitrogen and oxygen atoms in total. The van der Waals surface area contributed by atoms with Crippen molar-refractivity contribution in [1.29, 1.82) is 0 Å². The van der Waals surface area contributed by atoms with Crippen LogP contribution in [0.3, 0.4) is 0 Å². The van der Waals surface area contributed by atoms with Crippen LogP contribution in [0.15, 0.2) is 36.4 Å². The van der Waals surface area contributed by atoms with Crippen molar-refractivity contribution in [1.82, 2.24) is 5.32 Å². The number of aromatic hydroxyl groups is 1. The van der Waals surface area contributed by atoms with Gasteiger partial charge in [0.05, 0.1) is 6.04 Å². The Kier molecular flexibility index (Phi) is 4.62. The molecule has 0 spiro atoms. The number of phenolic OH excluding ortho intramolecular Hbond substituents is 1. The summed E-state index contributed by atoms with van der Waals surface area (Å²) >= 11 is 0. The van der Waals surface area contributed by atoms with Gasteiger partial charge in [0.1, 0.15) is 5.75 Å². The Morgan fingerprint density at radius 1 is 1.39 bits per heavy atom.